The molecule has 3 N–H and O–H groups in total. The molecule has 3 nitrogen and oxygen atoms in total. The van der Waals surface area contributed by atoms with Gasteiger partial charge in [-0.2, -0.15) is 0 Å². The Morgan fingerprint density at radius 1 is 1.12 bits per heavy atom. The van der Waals surface area contributed by atoms with Crippen LogP contribution in [0.2, 0.25) is 0 Å². The molecule has 0 bridgehead atoms. The van der Waals surface area contributed by atoms with Crippen molar-refractivity contribution in [3.8, 4) is 0 Å². The standard InChI is InChI=1S/C14H30N2O/c1-5-6-7-8-9-10-11-12(15)13(17)16-14(2,3)4/h12H,5-11,15H2,1-4H3,(H,16,17). The van der Waals surface area contributed by atoms with Crippen LogP contribution < -0.4 is 11.1 Å². The van der Waals surface area contributed by atoms with E-state index in [0.29, 0.717) is 0 Å². The third-order valence-electron chi connectivity index (χ3n) is 2.70. The lowest BCUT2D eigenvalue weighted by molar-refractivity contribution is -0.123. The van der Waals surface area contributed by atoms with Crippen molar-refractivity contribution >= 4 is 5.91 Å². The number of amides is 1. The van der Waals surface area contributed by atoms with E-state index in [2.05, 4.69) is 12.2 Å². The van der Waals surface area contributed by atoms with Crippen molar-refractivity contribution in [2.75, 3.05) is 0 Å². The highest BCUT2D eigenvalue weighted by atomic mass is 16.2. The van der Waals surface area contributed by atoms with Gasteiger partial charge in [0.05, 0.1) is 6.04 Å². The van der Waals surface area contributed by atoms with E-state index in [0.717, 1.165) is 12.8 Å². The zero-order valence-electron chi connectivity index (χ0n) is 12.0. The molecule has 0 fully saturated rings. The largest absolute Gasteiger partial charge is 0.350 e. The normalized spacial score (nSPS) is 13.5. The Hall–Kier alpha value is -0.570. The maximum Gasteiger partial charge on any atom is 0.237 e. The third-order valence-corrected chi connectivity index (χ3v) is 2.70. The fraction of sp³-hybridized carbons (Fsp3) is 0.929. The summed E-state index contributed by atoms with van der Waals surface area (Å²) in [5.41, 5.74) is 5.67. The molecule has 17 heavy (non-hydrogen) atoms. The maximum atomic E-state index is 11.7. The third kappa shape index (κ3) is 10.3. The van der Waals surface area contributed by atoms with E-state index in [-0.39, 0.29) is 17.5 Å². The Bertz CT molecular complexity index is 209. The number of carbonyl (C=O) groups is 1. The quantitative estimate of drug-likeness (QED) is 0.643. The van der Waals surface area contributed by atoms with Crippen LogP contribution >= 0.6 is 0 Å². The van der Waals surface area contributed by atoms with Crippen LogP contribution in [0.25, 0.3) is 0 Å². The molecule has 3 heteroatoms. The van der Waals surface area contributed by atoms with Crippen molar-refractivity contribution in [3.05, 3.63) is 0 Å². The van der Waals surface area contributed by atoms with Crippen LogP contribution in [0.5, 0.6) is 0 Å². The first-order valence-electron chi connectivity index (χ1n) is 6.94. The van der Waals surface area contributed by atoms with Gasteiger partial charge in [-0.15, -0.1) is 0 Å². The molecule has 0 radical (unpaired) electrons. The van der Waals surface area contributed by atoms with Crippen molar-refractivity contribution in [2.24, 2.45) is 5.73 Å². The summed E-state index contributed by atoms with van der Waals surface area (Å²) >= 11 is 0. The summed E-state index contributed by atoms with van der Waals surface area (Å²) in [5.74, 6) is -0.0222. The fourth-order valence-corrected chi connectivity index (χ4v) is 1.74. The number of rotatable bonds is 8. The van der Waals surface area contributed by atoms with Gasteiger partial charge in [0, 0.05) is 5.54 Å². The molecule has 0 saturated heterocycles. The van der Waals surface area contributed by atoms with Gasteiger partial charge in [0.25, 0.3) is 0 Å². The smallest absolute Gasteiger partial charge is 0.237 e. The average molecular weight is 242 g/mol. The minimum atomic E-state index is -0.347. The molecule has 0 aromatic carbocycles. The first-order valence-corrected chi connectivity index (χ1v) is 6.94. The van der Waals surface area contributed by atoms with Crippen LogP contribution in [0.4, 0.5) is 0 Å². The number of hydrogen-bond acceptors (Lipinski definition) is 2. The van der Waals surface area contributed by atoms with Crippen molar-refractivity contribution in [1.82, 2.24) is 5.32 Å². The number of nitrogens with two attached hydrogens (primary N) is 1. The first-order chi connectivity index (χ1) is 7.87. The van der Waals surface area contributed by atoms with Gasteiger partial charge in [0.1, 0.15) is 0 Å². The van der Waals surface area contributed by atoms with Gasteiger partial charge in [-0.25, -0.2) is 0 Å². The van der Waals surface area contributed by atoms with Gasteiger partial charge in [-0.1, -0.05) is 45.4 Å². The molecule has 0 aromatic heterocycles. The second kappa shape index (κ2) is 8.51. The molecule has 1 atom stereocenters. The summed E-state index contributed by atoms with van der Waals surface area (Å²) in [7, 11) is 0. The SMILES string of the molecule is CCCCCCCCC(N)C(=O)NC(C)(C)C. The lowest BCUT2D eigenvalue weighted by atomic mass is 10.0. The molecule has 0 saturated carbocycles. The van der Waals surface area contributed by atoms with E-state index in [1.807, 2.05) is 20.8 Å². The summed E-state index contributed by atoms with van der Waals surface area (Å²) in [6, 6.07) is -0.347. The molecule has 102 valence electrons. The molecule has 0 spiro atoms. The second-order valence-electron chi connectivity index (χ2n) is 5.90. The van der Waals surface area contributed by atoms with Gasteiger partial charge >= 0.3 is 0 Å². The second-order valence-corrected chi connectivity index (χ2v) is 5.90. The fourth-order valence-electron chi connectivity index (χ4n) is 1.74. The van der Waals surface area contributed by atoms with Crippen LogP contribution in [-0.2, 0) is 4.79 Å². The number of carbonyl (C=O) groups excluding carboxylic acids is 1. The van der Waals surface area contributed by atoms with Gasteiger partial charge < -0.3 is 11.1 Å². The van der Waals surface area contributed by atoms with Crippen molar-refractivity contribution < 1.29 is 4.79 Å². The lowest BCUT2D eigenvalue weighted by Gasteiger charge is -2.23. The van der Waals surface area contributed by atoms with Gasteiger partial charge in [0.15, 0.2) is 0 Å². The van der Waals surface area contributed by atoms with E-state index < -0.39 is 0 Å². The molecule has 0 aliphatic carbocycles. The summed E-state index contributed by atoms with van der Waals surface area (Å²) in [6.45, 7) is 8.14. The van der Waals surface area contributed by atoms with E-state index in [9.17, 15) is 4.79 Å². The van der Waals surface area contributed by atoms with Crippen LogP contribution in [0.15, 0.2) is 0 Å². The molecule has 0 heterocycles. The van der Waals surface area contributed by atoms with Crippen LogP contribution in [0.3, 0.4) is 0 Å². The highest BCUT2D eigenvalue weighted by molar-refractivity contribution is 5.82. The zero-order chi connectivity index (χ0) is 13.3. The van der Waals surface area contributed by atoms with E-state index in [1.165, 1.54) is 32.1 Å². The Labute approximate surface area is 107 Å². The van der Waals surface area contributed by atoms with Crippen molar-refractivity contribution in [2.45, 2.75) is 84.2 Å². The van der Waals surface area contributed by atoms with Crippen LogP contribution in [0, 0.1) is 0 Å². The summed E-state index contributed by atoms with van der Waals surface area (Å²) in [6.07, 6.45) is 8.21. The Balaban J connectivity index is 3.58. The van der Waals surface area contributed by atoms with E-state index in [4.69, 9.17) is 5.73 Å². The number of hydrogen-bond donors (Lipinski definition) is 2. The maximum absolute atomic E-state index is 11.7. The minimum absolute atomic E-state index is 0.0222. The predicted octanol–water partition coefficient (Wildman–Crippen LogP) is 2.98. The minimum Gasteiger partial charge on any atom is -0.350 e. The Kier molecular flexibility index (Phi) is 8.23. The lowest BCUT2D eigenvalue weighted by Crippen LogP contribution is -2.48. The van der Waals surface area contributed by atoms with Crippen LogP contribution in [0.1, 0.15) is 72.6 Å². The van der Waals surface area contributed by atoms with E-state index in [1.54, 1.807) is 0 Å². The first kappa shape index (κ1) is 16.4. The van der Waals surface area contributed by atoms with E-state index >= 15 is 0 Å². The summed E-state index contributed by atoms with van der Waals surface area (Å²) in [4.78, 5) is 11.7. The van der Waals surface area contributed by atoms with Gasteiger partial charge in [0.2, 0.25) is 5.91 Å². The van der Waals surface area contributed by atoms with Gasteiger partial charge in [-0.05, 0) is 27.2 Å². The monoisotopic (exact) mass is 242 g/mol. The summed E-state index contributed by atoms with van der Waals surface area (Å²) < 4.78 is 0. The summed E-state index contributed by atoms with van der Waals surface area (Å²) in [5, 5.41) is 2.92. The highest BCUT2D eigenvalue weighted by Gasteiger charge is 2.18. The Morgan fingerprint density at radius 3 is 2.18 bits per heavy atom. The molecule has 0 aliphatic heterocycles. The van der Waals surface area contributed by atoms with Crippen LogP contribution in [-0.4, -0.2) is 17.5 Å². The molecule has 0 aliphatic rings. The molecule has 0 aromatic rings. The van der Waals surface area contributed by atoms with Crippen molar-refractivity contribution in [1.29, 1.82) is 0 Å². The number of unbranched alkanes of at least 4 members (excludes halogenated alkanes) is 5. The molecular weight excluding hydrogens is 212 g/mol. The topological polar surface area (TPSA) is 55.1 Å². The molecule has 1 amide bonds. The highest BCUT2D eigenvalue weighted by Crippen LogP contribution is 2.08. The Morgan fingerprint density at radius 2 is 1.65 bits per heavy atom. The van der Waals surface area contributed by atoms with Crippen molar-refractivity contribution in [3.63, 3.8) is 0 Å². The molecular formula is C14H30N2O. The predicted molar refractivity (Wildman–Crippen MR) is 73.9 cm³/mol. The molecule has 0 rings (SSSR count). The average Bonchev–Trinajstić information content (AvgIpc) is 2.20. The zero-order valence-corrected chi connectivity index (χ0v) is 12.0. The number of nitrogens with one attached hydrogen (secondary N) is 1. The van der Waals surface area contributed by atoms with Gasteiger partial charge in [-0.3, -0.25) is 4.79 Å². The molecule has 1 unspecified atom stereocenters.